The van der Waals surface area contributed by atoms with E-state index in [1.165, 1.54) is 14.1 Å². The van der Waals surface area contributed by atoms with Gasteiger partial charge in [-0.1, -0.05) is 5.92 Å². The van der Waals surface area contributed by atoms with E-state index in [-0.39, 0.29) is 6.61 Å². The minimum atomic E-state index is -1.36. The quantitative estimate of drug-likeness (QED) is 0.483. The molecule has 7 heteroatoms. The predicted molar refractivity (Wildman–Crippen MR) is 102 cm³/mol. The fourth-order valence-electron chi connectivity index (χ4n) is 2.45. The van der Waals surface area contributed by atoms with E-state index in [0.717, 1.165) is 10.7 Å². The number of hydrogen-bond donors (Lipinski definition) is 1. The molecule has 0 bridgehead atoms. The Kier molecular flexibility index (Phi) is 6.99. The van der Waals surface area contributed by atoms with Crippen molar-refractivity contribution >= 4 is 17.8 Å². The second kappa shape index (κ2) is 9.42. The first-order valence-electron chi connectivity index (χ1n) is 8.71. The zero-order chi connectivity index (χ0) is 20.7. The number of rotatable bonds is 5. The van der Waals surface area contributed by atoms with Gasteiger partial charge in [0.05, 0.1) is 6.61 Å². The van der Waals surface area contributed by atoms with Crippen molar-refractivity contribution in [2.75, 3.05) is 20.7 Å². The van der Waals surface area contributed by atoms with Crippen LogP contribution in [0, 0.1) is 18.8 Å². The summed E-state index contributed by atoms with van der Waals surface area (Å²) in [6.07, 6.45) is 0. The van der Waals surface area contributed by atoms with Crippen LogP contribution < -0.4 is 5.32 Å². The van der Waals surface area contributed by atoms with E-state index in [1.54, 1.807) is 37.3 Å². The molecule has 1 N–H and O–H groups in total. The molecule has 1 aromatic heterocycles. The van der Waals surface area contributed by atoms with Gasteiger partial charge in [0.15, 0.2) is 5.76 Å². The molecule has 28 heavy (non-hydrogen) atoms. The molecule has 1 atom stereocenters. The Bertz CT molecular complexity index is 918. The number of aryl methyl sites for hydroxylation is 1. The molecule has 1 heterocycles. The molecule has 0 saturated carbocycles. The Morgan fingerprint density at radius 2 is 1.82 bits per heavy atom. The van der Waals surface area contributed by atoms with Crippen molar-refractivity contribution in [3.63, 3.8) is 0 Å². The van der Waals surface area contributed by atoms with Crippen molar-refractivity contribution in [1.29, 1.82) is 0 Å². The van der Waals surface area contributed by atoms with E-state index < -0.39 is 23.8 Å². The summed E-state index contributed by atoms with van der Waals surface area (Å²) in [4.78, 5) is 37.9. The minimum Gasteiger partial charge on any atom is -0.464 e. The number of carbonyl (C=O) groups excluding carboxylic acids is 3. The van der Waals surface area contributed by atoms with E-state index in [9.17, 15) is 14.4 Å². The van der Waals surface area contributed by atoms with Gasteiger partial charge in [0.2, 0.25) is 6.04 Å². The number of nitrogens with one attached hydrogen (secondary N) is 1. The average Bonchev–Trinajstić information content (AvgIpc) is 3.11. The van der Waals surface area contributed by atoms with Crippen molar-refractivity contribution in [2.24, 2.45) is 0 Å². The fourth-order valence-corrected chi connectivity index (χ4v) is 2.45. The highest BCUT2D eigenvalue weighted by Gasteiger charge is 2.34. The molecule has 1 unspecified atom stereocenters. The number of esters is 1. The SMILES string of the molecule is CCOC(=O)C(C(=O)NC)N(C)C(=O)c1ccc(C#Cc2ccc(C)o2)cc1. The molecule has 0 fully saturated rings. The van der Waals surface area contributed by atoms with Gasteiger partial charge >= 0.3 is 5.97 Å². The van der Waals surface area contributed by atoms with Crippen LogP contribution in [0.15, 0.2) is 40.8 Å². The van der Waals surface area contributed by atoms with Gasteiger partial charge in [0.25, 0.3) is 11.8 Å². The van der Waals surface area contributed by atoms with Crippen LogP contribution in [0.2, 0.25) is 0 Å². The second-order valence-electron chi connectivity index (χ2n) is 5.92. The van der Waals surface area contributed by atoms with E-state index in [0.29, 0.717) is 16.9 Å². The number of amides is 2. The van der Waals surface area contributed by atoms with Crippen LogP contribution >= 0.6 is 0 Å². The number of benzene rings is 1. The minimum absolute atomic E-state index is 0.108. The van der Waals surface area contributed by atoms with Crippen LogP contribution in [0.3, 0.4) is 0 Å². The van der Waals surface area contributed by atoms with Gasteiger partial charge in [-0.25, -0.2) is 4.79 Å². The lowest BCUT2D eigenvalue weighted by molar-refractivity contribution is -0.152. The second-order valence-corrected chi connectivity index (χ2v) is 5.92. The molecule has 146 valence electrons. The zero-order valence-electron chi connectivity index (χ0n) is 16.2. The Labute approximate surface area is 163 Å². The Hall–Kier alpha value is -3.53. The molecular weight excluding hydrogens is 360 g/mol. The van der Waals surface area contributed by atoms with Gasteiger partial charge in [0.1, 0.15) is 5.76 Å². The Morgan fingerprint density at radius 3 is 2.36 bits per heavy atom. The summed E-state index contributed by atoms with van der Waals surface area (Å²) in [6.45, 7) is 3.58. The molecule has 0 aliphatic heterocycles. The first-order valence-corrected chi connectivity index (χ1v) is 8.71. The van der Waals surface area contributed by atoms with Gasteiger partial charge < -0.3 is 19.4 Å². The van der Waals surface area contributed by atoms with Crippen molar-refractivity contribution < 1.29 is 23.5 Å². The van der Waals surface area contributed by atoms with Crippen LogP contribution in [-0.4, -0.2) is 49.4 Å². The van der Waals surface area contributed by atoms with E-state index in [4.69, 9.17) is 9.15 Å². The molecule has 1 aromatic carbocycles. The Morgan fingerprint density at radius 1 is 1.14 bits per heavy atom. The third-order valence-corrected chi connectivity index (χ3v) is 3.91. The molecular formula is C21H22N2O5. The van der Waals surface area contributed by atoms with Crippen molar-refractivity contribution in [1.82, 2.24) is 10.2 Å². The summed E-state index contributed by atoms with van der Waals surface area (Å²) in [5, 5.41) is 2.37. The van der Waals surface area contributed by atoms with E-state index in [1.807, 2.05) is 13.0 Å². The lowest BCUT2D eigenvalue weighted by Crippen LogP contribution is -2.52. The number of ether oxygens (including phenoxy) is 1. The van der Waals surface area contributed by atoms with E-state index in [2.05, 4.69) is 17.2 Å². The smallest absolute Gasteiger partial charge is 0.338 e. The number of furan rings is 1. The molecule has 2 rings (SSSR count). The van der Waals surface area contributed by atoms with E-state index >= 15 is 0 Å². The van der Waals surface area contributed by atoms with Crippen LogP contribution in [0.5, 0.6) is 0 Å². The van der Waals surface area contributed by atoms with Gasteiger partial charge in [0, 0.05) is 25.2 Å². The van der Waals surface area contributed by atoms with Crippen LogP contribution in [0.25, 0.3) is 0 Å². The number of nitrogens with zero attached hydrogens (tertiary/aromatic N) is 1. The summed E-state index contributed by atoms with van der Waals surface area (Å²) in [7, 11) is 2.77. The summed E-state index contributed by atoms with van der Waals surface area (Å²) in [6, 6.07) is 8.79. The molecule has 7 nitrogen and oxygen atoms in total. The monoisotopic (exact) mass is 382 g/mol. The van der Waals surface area contributed by atoms with Crippen LogP contribution in [-0.2, 0) is 14.3 Å². The highest BCUT2D eigenvalue weighted by atomic mass is 16.5. The number of hydrogen-bond acceptors (Lipinski definition) is 5. The lowest BCUT2D eigenvalue weighted by atomic mass is 10.1. The molecule has 0 aliphatic carbocycles. The first kappa shape index (κ1) is 20.8. The topological polar surface area (TPSA) is 88.9 Å². The molecule has 0 spiro atoms. The average molecular weight is 382 g/mol. The van der Waals surface area contributed by atoms with Crippen LogP contribution in [0.1, 0.15) is 34.4 Å². The van der Waals surface area contributed by atoms with Gasteiger partial charge in [-0.2, -0.15) is 0 Å². The van der Waals surface area contributed by atoms with Crippen molar-refractivity contribution in [2.45, 2.75) is 19.9 Å². The maximum Gasteiger partial charge on any atom is 0.338 e. The molecule has 0 radical (unpaired) electrons. The standard InChI is InChI=1S/C21H22N2O5/c1-5-27-21(26)18(19(24)22-3)23(4)20(25)16-10-7-15(8-11-16)9-13-17-12-6-14(2)28-17/h6-8,10-12,18H,5H2,1-4H3,(H,22,24). The maximum atomic E-state index is 12.7. The highest BCUT2D eigenvalue weighted by Crippen LogP contribution is 2.11. The predicted octanol–water partition coefficient (Wildman–Crippen LogP) is 1.74. The number of carbonyl (C=O) groups is 3. The summed E-state index contributed by atoms with van der Waals surface area (Å²) >= 11 is 0. The normalized spacial score (nSPS) is 11.0. The fraction of sp³-hybridized carbons (Fsp3) is 0.286. The highest BCUT2D eigenvalue weighted by molar-refractivity contribution is 6.07. The number of likely N-dealkylation sites (N-methyl/N-ethyl adjacent to an activating group) is 2. The molecule has 0 saturated heterocycles. The Balaban J connectivity index is 2.17. The third-order valence-electron chi connectivity index (χ3n) is 3.91. The lowest BCUT2D eigenvalue weighted by Gasteiger charge is -2.25. The van der Waals surface area contributed by atoms with Crippen molar-refractivity contribution in [3.8, 4) is 11.8 Å². The van der Waals surface area contributed by atoms with Gasteiger partial charge in [-0.15, -0.1) is 0 Å². The van der Waals surface area contributed by atoms with Gasteiger partial charge in [-0.3, -0.25) is 9.59 Å². The molecule has 2 amide bonds. The maximum absolute atomic E-state index is 12.7. The van der Waals surface area contributed by atoms with Crippen molar-refractivity contribution in [3.05, 3.63) is 59.0 Å². The first-order chi connectivity index (χ1) is 13.4. The summed E-state index contributed by atoms with van der Waals surface area (Å²) in [5.74, 6) is 5.29. The molecule has 2 aromatic rings. The van der Waals surface area contributed by atoms with Crippen LogP contribution in [0.4, 0.5) is 0 Å². The largest absolute Gasteiger partial charge is 0.464 e. The summed E-state index contributed by atoms with van der Waals surface area (Å²) < 4.78 is 10.3. The summed E-state index contributed by atoms with van der Waals surface area (Å²) in [5.41, 5.74) is 1.02. The third kappa shape index (κ3) is 5.01. The molecule has 0 aliphatic rings. The van der Waals surface area contributed by atoms with Gasteiger partial charge in [-0.05, 0) is 56.2 Å². The zero-order valence-corrected chi connectivity index (χ0v) is 16.2.